The maximum Gasteiger partial charge on any atom is 0.326 e. The summed E-state index contributed by atoms with van der Waals surface area (Å²) in [6.45, 7) is -0.940. The van der Waals surface area contributed by atoms with Crippen LogP contribution >= 0.6 is 0 Å². The molecule has 7 atom stereocenters. The predicted molar refractivity (Wildman–Crippen MR) is 207 cm³/mol. The molecular formula is C33H52N14O15. The van der Waals surface area contributed by atoms with Crippen LogP contribution in [0.5, 0.6) is 0 Å². The average molecular weight is 885 g/mol. The number of imidazole rings is 1. The molecule has 29 heteroatoms. The topological polar surface area (TPSA) is 510 Å². The Morgan fingerprint density at radius 3 is 1.65 bits per heavy atom. The van der Waals surface area contributed by atoms with Crippen molar-refractivity contribution in [2.45, 2.75) is 100 Å². The first-order valence-corrected chi connectivity index (χ1v) is 18.5. The van der Waals surface area contributed by atoms with E-state index in [-0.39, 0.29) is 31.0 Å². The van der Waals surface area contributed by atoms with Gasteiger partial charge in [-0.2, -0.15) is 0 Å². The van der Waals surface area contributed by atoms with Gasteiger partial charge in [-0.15, -0.1) is 0 Å². The number of nitrogens with two attached hydrogens (primary N) is 4. The lowest BCUT2D eigenvalue weighted by molar-refractivity contribution is -0.144. The van der Waals surface area contributed by atoms with Gasteiger partial charge in [0.15, 0.2) is 5.96 Å². The van der Waals surface area contributed by atoms with Crippen LogP contribution < -0.4 is 60.2 Å². The summed E-state index contributed by atoms with van der Waals surface area (Å²) in [6.07, 6.45) is -2.04. The van der Waals surface area contributed by atoms with Gasteiger partial charge in [-0.3, -0.25) is 53.4 Å². The van der Waals surface area contributed by atoms with Gasteiger partial charge in [0.25, 0.3) is 0 Å². The number of rotatable bonds is 30. The molecule has 1 heterocycles. The number of guanidine groups is 1. The highest BCUT2D eigenvalue weighted by atomic mass is 16.4. The monoisotopic (exact) mass is 884 g/mol. The van der Waals surface area contributed by atoms with Gasteiger partial charge in [0.05, 0.1) is 37.5 Å². The fourth-order valence-corrected chi connectivity index (χ4v) is 5.21. The number of carboxylic acids is 3. The van der Waals surface area contributed by atoms with Gasteiger partial charge in [-0.25, -0.2) is 9.78 Å². The molecular weight excluding hydrogens is 832 g/mol. The average Bonchev–Trinajstić information content (AvgIpc) is 3.69. The number of aliphatic hydroxyl groups is 1. The molecule has 0 radical (unpaired) electrons. The van der Waals surface area contributed by atoms with E-state index in [2.05, 4.69) is 36.6 Å². The summed E-state index contributed by atoms with van der Waals surface area (Å²) in [5.74, 6) is -14.3. The second-order valence-corrected chi connectivity index (χ2v) is 13.4. The highest BCUT2D eigenvalue weighted by molar-refractivity contribution is 5.98. The molecule has 0 fully saturated rings. The van der Waals surface area contributed by atoms with Crippen molar-refractivity contribution in [3.8, 4) is 0 Å². The molecule has 0 saturated heterocycles. The molecule has 0 unspecified atom stereocenters. The first kappa shape index (κ1) is 52.6. The second-order valence-electron chi connectivity index (χ2n) is 13.4. The summed E-state index contributed by atoms with van der Waals surface area (Å²) >= 11 is 0. The molecule has 1 aromatic rings. The summed E-state index contributed by atoms with van der Waals surface area (Å²) < 4.78 is 0. The van der Waals surface area contributed by atoms with E-state index < -0.39 is 159 Å². The van der Waals surface area contributed by atoms with Crippen LogP contribution in [0.3, 0.4) is 0 Å². The first-order valence-electron chi connectivity index (χ1n) is 18.5. The number of nitrogens with one attached hydrogen (secondary N) is 9. The largest absolute Gasteiger partial charge is 0.481 e. The molecule has 0 aromatic carbocycles. The maximum absolute atomic E-state index is 13.7. The molecule has 0 bridgehead atoms. The number of amides is 8. The smallest absolute Gasteiger partial charge is 0.326 e. The number of hydrogen-bond acceptors (Lipinski definition) is 15. The van der Waals surface area contributed by atoms with E-state index in [9.17, 15) is 73.2 Å². The molecule has 1 rings (SSSR count). The minimum Gasteiger partial charge on any atom is -0.481 e. The van der Waals surface area contributed by atoms with Crippen molar-refractivity contribution in [1.29, 1.82) is 5.41 Å². The number of H-pyrrole nitrogens is 1. The summed E-state index contributed by atoms with van der Waals surface area (Å²) in [7, 11) is 0. The van der Waals surface area contributed by atoms with E-state index in [1.54, 1.807) is 0 Å². The molecule has 0 aliphatic heterocycles. The van der Waals surface area contributed by atoms with Crippen molar-refractivity contribution in [1.82, 2.24) is 47.2 Å². The summed E-state index contributed by atoms with van der Waals surface area (Å²) in [5.41, 5.74) is 21.5. The predicted octanol–water partition coefficient (Wildman–Crippen LogP) is -7.99. The molecule has 344 valence electrons. The lowest BCUT2D eigenvalue weighted by Crippen LogP contribution is -2.61. The van der Waals surface area contributed by atoms with Crippen molar-refractivity contribution in [3.05, 3.63) is 18.2 Å². The molecule has 0 spiro atoms. The normalized spacial score (nSPS) is 14.1. The summed E-state index contributed by atoms with van der Waals surface area (Å²) in [4.78, 5) is 144. The zero-order valence-corrected chi connectivity index (χ0v) is 33.0. The standard InChI is InChI=1S/C33H52N14O15/c34-15(2-1-7-40-33(37)38)26(55)44-19(9-23(36)50)29(58)47-21(12-48)31(60)45-18(8-14-11-39-13-41-14)28(57)42-16(4-6-24(51)52)27(56)46-20(10-25(53)54)30(59)43-17(32(61)62)3-5-22(35)49/h11,13,15-21,48H,1-10,12,34H2,(H2,35,49)(H2,36,50)(H,39,41)(H,42,57)(H,43,59)(H,44,55)(H,45,60)(H,46,56)(H,47,58)(H,51,52)(H,53,54)(H,61,62)(H4,37,38,40)/t15-,16-,17-,18-,19-,20-,21-/m0/s1. The van der Waals surface area contributed by atoms with E-state index in [4.69, 9.17) is 28.3 Å². The van der Waals surface area contributed by atoms with Gasteiger partial charge >= 0.3 is 17.9 Å². The number of aromatic nitrogens is 2. The Hall–Kier alpha value is -7.43. The third-order valence-corrected chi connectivity index (χ3v) is 8.38. The fourth-order valence-electron chi connectivity index (χ4n) is 5.21. The van der Waals surface area contributed by atoms with Gasteiger partial charge in [-0.05, 0) is 25.7 Å². The number of aliphatic carboxylic acids is 3. The number of hydrogen-bond donors (Lipinski definition) is 17. The van der Waals surface area contributed by atoms with E-state index in [1.165, 1.54) is 12.5 Å². The first-order chi connectivity index (χ1) is 29.0. The third-order valence-electron chi connectivity index (χ3n) is 8.38. The number of carbonyl (C=O) groups excluding carboxylic acids is 8. The maximum atomic E-state index is 13.7. The van der Waals surface area contributed by atoms with E-state index >= 15 is 0 Å². The van der Waals surface area contributed by atoms with Crippen molar-refractivity contribution < 1.29 is 73.2 Å². The Kier molecular flexibility index (Phi) is 22.6. The van der Waals surface area contributed by atoms with Gasteiger partial charge in [0, 0.05) is 32.0 Å². The van der Waals surface area contributed by atoms with E-state index in [0.29, 0.717) is 0 Å². The minimum atomic E-state index is -2.01. The molecule has 21 N–H and O–H groups in total. The Bertz CT molecular complexity index is 1790. The number of carbonyl (C=O) groups is 11. The quantitative estimate of drug-likeness (QED) is 0.0194. The highest BCUT2D eigenvalue weighted by Gasteiger charge is 2.35. The molecule has 0 saturated carbocycles. The molecule has 0 aliphatic rings. The highest BCUT2D eigenvalue weighted by Crippen LogP contribution is 2.07. The van der Waals surface area contributed by atoms with Crippen molar-refractivity contribution >= 4 is 71.1 Å². The molecule has 0 aliphatic carbocycles. The van der Waals surface area contributed by atoms with Crippen LogP contribution in [0.25, 0.3) is 0 Å². The van der Waals surface area contributed by atoms with Gasteiger partial charge < -0.3 is 85.6 Å². The number of aromatic amines is 1. The van der Waals surface area contributed by atoms with Crippen LogP contribution in [0, 0.1) is 5.41 Å². The fraction of sp³-hybridized carbons (Fsp3) is 0.545. The Labute approximate surface area is 351 Å². The zero-order valence-electron chi connectivity index (χ0n) is 33.0. The van der Waals surface area contributed by atoms with Crippen LogP contribution in [0.4, 0.5) is 0 Å². The van der Waals surface area contributed by atoms with Crippen LogP contribution in [0.15, 0.2) is 12.5 Å². The number of primary amides is 2. The Morgan fingerprint density at radius 1 is 0.629 bits per heavy atom. The van der Waals surface area contributed by atoms with Crippen molar-refractivity contribution in [2.24, 2.45) is 22.9 Å². The SMILES string of the molecule is N=C(N)NCCC[C@H](N)C(=O)N[C@@H](CC(N)=O)C(=O)N[C@@H](CO)C(=O)N[C@@H](Cc1c[nH]cn1)C(=O)N[C@@H](CCC(=O)O)C(=O)N[C@@H](CC(=O)O)C(=O)N[C@@H](CCC(N)=O)C(=O)O. The zero-order chi connectivity index (χ0) is 47.1. The second kappa shape index (κ2) is 26.6. The van der Waals surface area contributed by atoms with Crippen molar-refractivity contribution in [3.63, 3.8) is 0 Å². The van der Waals surface area contributed by atoms with Crippen LogP contribution in [-0.4, -0.2) is 157 Å². The molecule has 8 amide bonds. The van der Waals surface area contributed by atoms with Crippen LogP contribution in [0.2, 0.25) is 0 Å². The van der Waals surface area contributed by atoms with Gasteiger partial charge in [0.2, 0.25) is 47.3 Å². The molecule has 29 nitrogen and oxygen atoms in total. The lowest BCUT2D eigenvalue weighted by Gasteiger charge is -2.26. The molecule has 62 heavy (non-hydrogen) atoms. The van der Waals surface area contributed by atoms with E-state index in [0.717, 1.165) is 0 Å². The Morgan fingerprint density at radius 2 is 1.13 bits per heavy atom. The minimum absolute atomic E-state index is 0.0438. The lowest BCUT2D eigenvalue weighted by atomic mass is 10.1. The number of carboxylic acid groups (broad SMARTS) is 3. The van der Waals surface area contributed by atoms with E-state index in [1.807, 2.05) is 10.6 Å². The van der Waals surface area contributed by atoms with Gasteiger partial charge in [-0.1, -0.05) is 0 Å². The number of aliphatic hydroxyl groups excluding tert-OH is 1. The third kappa shape index (κ3) is 20.5. The summed E-state index contributed by atoms with van der Waals surface area (Å²) in [5, 5.41) is 60.7. The molecule has 1 aromatic heterocycles. The van der Waals surface area contributed by atoms with Crippen LogP contribution in [0.1, 0.15) is 57.1 Å². The number of nitrogens with zero attached hydrogens (tertiary/aromatic N) is 1. The van der Waals surface area contributed by atoms with Crippen molar-refractivity contribution in [2.75, 3.05) is 13.2 Å². The van der Waals surface area contributed by atoms with Crippen LogP contribution in [-0.2, 0) is 59.2 Å². The van der Waals surface area contributed by atoms with Gasteiger partial charge in [0.1, 0.15) is 36.3 Å². The summed E-state index contributed by atoms with van der Waals surface area (Å²) in [6, 6.07) is -12.2. The Balaban J connectivity index is 3.32.